The van der Waals surface area contributed by atoms with Crippen molar-refractivity contribution in [2.75, 3.05) is 0 Å². The molecule has 1 aromatic rings. The van der Waals surface area contributed by atoms with Gasteiger partial charge >= 0.3 is 5.97 Å². The second-order valence-electron chi connectivity index (χ2n) is 5.64. The normalized spacial score (nSPS) is 25.6. The van der Waals surface area contributed by atoms with Crippen molar-refractivity contribution in [2.24, 2.45) is 5.92 Å². The van der Waals surface area contributed by atoms with Crippen molar-refractivity contribution in [3.8, 4) is 0 Å². The third-order valence-corrected chi connectivity index (χ3v) is 4.34. The maximum Gasteiger partial charge on any atom is 0.308 e. The van der Waals surface area contributed by atoms with Crippen LogP contribution in [0.15, 0.2) is 12.3 Å². The molecule has 2 fully saturated rings. The third kappa shape index (κ3) is 2.54. The van der Waals surface area contributed by atoms with E-state index in [4.69, 9.17) is 16.7 Å². The van der Waals surface area contributed by atoms with Crippen LogP contribution in [0.2, 0.25) is 5.02 Å². The average molecular weight is 297 g/mol. The highest BCUT2D eigenvalue weighted by atomic mass is 35.5. The number of amides is 1. The third-order valence-electron chi connectivity index (χ3n) is 4.14. The van der Waals surface area contributed by atoms with E-state index >= 15 is 0 Å². The molecule has 2 N–H and O–H groups in total. The van der Waals surface area contributed by atoms with Crippen molar-refractivity contribution in [3.05, 3.63) is 23.0 Å². The first kappa shape index (κ1) is 13.5. The van der Waals surface area contributed by atoms with Crippen LogP contribution in [0.3, 0.4) is 0 Å². The zero-order valence-electron chi connectivity index (χ0n) is 11.0. The summed E-state index contributed by atoms with van der Waals surface area (Å²) in [6.07, 6.45) is 6.09. The molecule has 0 aromatic carbocycles. The predicted octanol–water partition coefficient (Wildman–Crippen LogP) is 2.46. The number of aliphatic carboxylic acids is 1. The van der Waals surface area contributed by atoms with E-state index in [1.54, 1.807) is 12.3 Å². The second kappa shape index (κ2) is 5.13. The van der Waals surface area contributed by atoms with Gasteiger partial charge in [-0.1, -0.05) is 18.0 Å². The number of carboxylic acids is 1. The Balaban J connectivity index is 1.74. The van der Waals surface area contributed by atoms with E-state index in [1.807, 2.05) is 4.57 Å². The molecule has 0 radical (unpaired) electrons. The van der Waals surface area contributed by atoms with Crippen LogP contribution in [0.5, 0.6) is 0 Å². The number of rotatable bonds is 4. The maximum absolute atomic E-state index is 12.4. The average Bonchev–Trinajstić information content (AvgIpc) is 3.00. The number of hydrogen-bond acceptors (Lipinski definition) is 2. The van der Waals surface area contributed by atoms with Crippen LogP contribution in [-0.2, 0) is 4.79 Å². The molecule has 0 aliphatic heterocycles. The van der Waals surface area contributed by atoms with Crippen molar-refractivity contribution in [1.82, 2.24) is 9.88 Å². The Morgan fingerprint density at radius 1 is 1.30 bits per heavy atom. The zero-order valence-corrected chi connectivity index (χ0v) is 11.8. The molecular formula is C14H17ClN2O3. The van der Waals surface area contributed by atoms with E-state index in [-0.39, 0.29) is 11.9 Å². The molecular weight excluding hydrogens is 280 g/mol. The molecule has 20 heavy (non-hydrogen) atoms. The molecule has 1 heterocycles. The quantitative estimate of drug-likeness (QED) is 0.896. The van der Waals surface area contributed by atoms with Gasteiger partial charge in [0.05, 0.1) is 10.9 Å². The van der Waals surface area contributed by atoms with Crippen molar-refractivity contribution in [1.29, 1.82) is 0 Å². The fourth-order valence-corrected chi connectivity index (χ4v) is 3.16. The lowest BCUT2D eigenvalue weighted by Crippen LogP contribution is -2.40. The molecule has 6 heteroatoms. The SMILES string of the molecule is O=C(NC1CCCC1C(=O)O)c1cc(Cl)cn1C1CC1. The predicted molar refractivity (Wildman–Crippen MR) is 73.9 cm³/mol. The van der Waals surface area contributed by atoms with Crippen LogP contribution in [0.1, 0.15) is 48.6 Å². The number of carbonyl (C=O) groups is 2. The minimum Gasteiger partial charge on any atom is -0.481 e. The summed E-state index contributed by atoms with van der Waals surface area (Å²) in [7, 11) is 0. The largest absolute Gasteiger partial charge is 0.481 e. The van der Waals surface area contributed by atoms with Crippen LogP contribution in [0, 0.1) is 5.92 Å². The first-order valence-electron chi connectivity index (χ1n) is 6.97. The number of carbonyl (C=O) groups excluding carboxylic acids is 1. The van der Waals surface area contributed by atoms with Gasteiger partial charge in [-0.2, -0.15) is 0 Å². The Kier molecular flexibility index (Phi) is 3.46. The summed E-state index contributed by atoms with van der Waals surface area (Å²) in [5.41, 5.74) is 0.536. The lowest BCUT2D eigenvalue weighted by molar-refractivity contribution is -0.142. The molecule has 108 valence electrons. The number of nitrogens with one attached hydrogen (secondary N) is 1. The first-order chi connectivity index (χ1) is 9.56. The van der Waals surface area contributed by atoms with Gasteiger partial charge in [0.25, 0.3) is 5.91 Å². The Morgan fingerprint density at radius 2 is 2.05 bits per heavy atom. The van der Waals surface area contributed by atoms with Gasteiger partial charge in [0, 0.05) is 18.3 Å². The van der Waals surface area contributed by atoms with Crippen molar-refractivity contribution < 1.29 is 14.7 Å². The molecule has 1 aromatic heterocycles. The summed E-state index contributed by atoms with van der Waals surface area (Å²) < 4.78 is 1.91. The van der Waals surface area contributed by atoms with Crippen molar-refractivity contribution in [2.45, 2.75) is 44.2 Å². The molecule has 2 unspecified atom stereocenters. The zero-order chi connectivity index (χ0) is 14.3. The number of nitrogens with zero attached hydrogens (tertiary/aromatic N) is 1. The Labute approximate surface area is 121 Å². The summed E-state index contributed by atoms with van der Waals surface area (Å²) in [4.78, 5) is 23.5. The van der Waals surface area contributed by atoms with Crippen LogP contribution in [0.25, 0.3) is 0 Å². The van der Waals surface area contributed by atoms with Gasteiger partial charge < -0.3 is 15.0 Å². The second-order valence-corrected chi connectivity index (χ2v) is 6.07. The van der Waals surface area contributed by atoms with Gasteiger partial charge in [-0.25, -0.2) is 0 Å². The molecule has 2 atom stereocenters. The molecule has 0 saturated heterocycles. The summed E-state index contributed by atoms with van der Waals surface area (Å²) in [5.74, 6) is -1.52. The van der Waals surface area contributed by atoms with Gasteiger partial charge in [0.2, 0.25) is 0 Å². The lowest BCUT2D eigenvalue weighted by Gasteiger charge is -2.18. The Morgan fingerprint density at radius 3 is 2.70 bits per heavy atom. The topological polar surface area (TPSA) is 71.3 Å². The number of halogens is 1. The summed E-state index contributed by atoms with van der Waals surface area (Å²) >= 11 is 5.98. The van der Waals surface area contributed by atoms with Gasteiger partial charge in [-0.3, -0.25) is 9.59 Å². The molecule has 5 nitrogen and oxygen atoms in total. The minimum absolute atomic E-state index is 0.220. The molecule has 1 amide bonds. The molecule has 3 rings (SSSR count). The summed E-state index contributed by atoms with van der Waals surface area (Å²) in [5, 5.41) is 12.6. The van der Waals surface area contributed by atoms with Crippen LogP contribution in [-0.4, -0.2) is 27.6 Å². The summed E-state index contributed by atoms with van der Waals surface area (Å²) in [6.45, 7) is 0. The van der Waals surface area contributed by atoms with Crippen molar-refractivity contribution in [3.63, 3.8) is 0 Å². The molecule has 2 aliphatic rings. The maximum atomic E-state index is 12.4. The van der Waals surface area contributed by atoms with E-state index in [1.165, 1.54) is 0 Å². The standard InChI is InChI=1S/C14H17ClN2O3/c15-8-6-12(17(7-8)9-4-5-9)13(18)16-11-3-1-2-10(11)14(19)20/h6-7,9-11H,1-5H2,(H,16,18)(H,19,20). The molecule has 2 aliphatic carbocycles. The van der Waals surface area contributed by atoms with E-state index in [0.717, 1.165) is 25.7 Å². The number of carboxylic acid groups (broad SMARTS) is 1. The Bertz CT molecular complexity index is 551. The number of hydrogen-bond donors (Lipinski definition) is 2. The highest BCUT2D eigenvalue weighted by Crippen LogP contribution is 2.37. The van der Waals surface area contributed by atoms with E-state index in [0.29, 0.717) is 23.2 Å². The van der Waals surface area contributed by atoms with Crippen molar-refractivity contribution >= 4 is 23.5 Å². The highest BCUT2D eigenvalue weighted by molar-refractivity contribution is 6.31. The van der Waals surface area contributed by atoms with Crippen LogP contribution in [0.4, 0.5) is 0 Å². The van der Waals surface area contributed by atoms with Gasteiger partial charge in [0.1, 0.15) is 5.69 Å². The Hall–Kier alpha value is -1.49. The van der Waals surface area contributed by atoms with Gasteiger partial charge in [-0.05, 0) is 31.7 Å². The fourth-order valence-electron chi connectivity index (χ4n) is 2.95. The van der Waals surface area contributed by atoms with E-state index in [9.17, 15) is 9.59 Å². The van der Waals surface area contributed by atoms with Crippen LogP contribution >= 0.6 is 11.6 Å². The lowest BCUT2D eigenvalue weighted by atomic mass is 10.0. The smallest absolute Gasteiger partial charge is 0.308 e. The minimum atomic E-state index is -0.830. The molecule has 0 spiro atoms. The van der Waals surface area contributed by atoms with E-state index in [2.05, 4.69) is 5.32 Å². The highest BCUT2D eigenvalue weighted by Gasteiger charge is 2.35. The fraction of sp³-hybridized carbons (Fsp3) is 0.571. The molecule has 2 saturated carbocycles. The van der Waals surface area contributed by atoms with Crippen LogP contribution < -0.4 is 5.32 Å². The molecule has 0 bridgehead atoms. The van der Waals surface area contributed by atoms with E-state index < -0.39 is 11.9 Å². The van der Waals surface area contributed by atoms with Gasteiger partial charge in [-0.15, -0.1) is 0 Å². The number of aromatic nitrogens is 1. The monoisotopic (exact) mass is 296 g/mol. The van der Waals surface area contributed by atoms with Gasteiger partial charge in [0.15, 0.2) is 0 Å². The summed E-state index contributed by atoms with van der Waals surface area (Å²) in [6, 6.07) is 1.74. The first-order valence-corrected chi connectivity index (χ1v) is 7.35.